The third-order valence-corrected chi connectivity index (χ3v) is 3.45. The van der Waals surface area contributed by atoms with Crippen molar-refractivity contribution in [1.82, 2.24) is 9.97 Å². The van der Waals surface area contributed by atoms with Gasteiger partial charge in [-0.2, -0.15) is 4.98 Å². The number of nitrogens with zero attached hydrogens (tertiary/aromatic N) is 2. The lowest BCUT2D eigenvalue weighted by Gasteiger charge is -2.11. The molecule has 0 fully saturated rings. The molecule has 0 aliphatic rings. The second-order valence-corrected chi connectivity index (χ2v) is 6.33. The summed E-state index contributed by atoms with van der Waals surface area (Å²) in [6, 6.07) is 3.65. The maximum atomic E-state index is 5.86. The van der Waals surface area contributed by atoms with Crippen LogP contribution < -0.4 is 15.8 Å². The fraction of sp³-hybridized carbons (Fsp3) is 0.429. The number of nitrogen functional groups attached to an aromatic ring is 1. The van der Waals surface area contributed by atoms with Crippen LogP contribution in [0.3, 0.4) is 0 Å². The van der Waals surface area contributed by atoms with Gasteiger partial charge in [-0.1, -0.05) is 13.8 Å². The second-order valence-electron chi connectivity index (χ2n) is 5.01. The van der Waals surface area contributed by atoms with E-state index >= 15 is 0 Å². The van der Waals surface area contributed by atoms with Crippen molar-refractivity contribution >= 4 is 22.8 Å². The molecule has 5 nitrogen and oxygen atoms in total. The molecule has 0 radical (unpaired) electrons. The van der Waals surface area contributed by atoms with Crippen molar-refractivity contribution in [1.29, 1.82) is 0 Å². The van der Waals surface area contributed by atoms with Crippen molar-refractivity contribution in [3.63, 3.8) is 0 Å². The Balaban J connectivity index is 1.99. The zero-order valence-electron chi connectivity index (χ0n) is 12.0. The van der Waals surface area contributed by atoms with Crippen molar-refractivity contribution in [2.45, 2.75) is 27.3 Å². The van der Waals surface area contributed by atoms with E-state index in [2.05, 4.69) is 29.1 Å². The number of aryl methyl sites for hydroxylation is 1. The summed E-state index contributed by atoms with van der Waals surface area (Å²) in [5.74, 6) is 1.66. The van der Waals surface area contributed by atoms with Gasteiger partial charge in [-0.05, 0) is 25.0 Å². The molecule has 0 aliphatic carbocycles. The summed E-state index contributed by atoms with van der Waals surface area (Å²) in [6.45, 7) is 7.47. The molecule has 0 amide bonds. The van der Waals surface area contributed by atoms with Crippen LogP contribution in [0.5, 0.6) is 5.88 Å². The molecule has 6 heteroatoms. The zero-order chi connectivity index (χ0) is 14.5. The SMILES string of the molecule is Cc1cnc(CNc2ccc(N)c(OCC(C)C)n2)s1. The highest BCUT2D eigenvalue weighted by Gasteiger charge is 2.06. The number of nitrogens with one attached hydrogen (secondary N) is 1. The van der Waals surface area contributed by atoms with E-state index in [1.54, 1.807) is 17.4 Å². The number of rotatable bonds is 6. The number of thiazole rings is 1. The normalized spacial score (nSPS) is 10.8. The standard InChI is InChI=1S/C14H20N4OS/c1-9(2)8-19-14-11(15)4-5-12(18-14)16-7-13-17-6-10(3)20-13/h4-6,9H,7-8,15H2,1-3H3,(H,16,18). The van der Waals surface area contributed by atoms with Crippen LogP contribution >= 0.6 is 11.3 Å². The molecular weight excluding hydrogens is 272 g/mol. The molecule has 20 heavy (non-hydrogen) atoms. The lowest BCUT2D eigenvalue weighted by atomic mass is 10.2. The number of pyridine rings is 1. The van der Waals surface area contributed by atoms with Crippen LogP contribution in [0, 0.1) is 12.8 Å². The highest BCUT2D eigenvalue weighted by molar-refractivity contribution is 7.11. The third kappa shape index (κ3) is 4.09. The molecule has 0 saturated carbocycles. The fourth-order valence-electron chi connectivity index (χ4n) is 1.56. The van der Waals surface area contributed by atoms with Gasteiger partial charge in [0.25, 0.3) is 0 Å². The summed E-state index contributed by atoms with van der Waals surface area (Å²) in [5, 5.41) is 4.26. The van der Waals surface area contributed by atoms with E-state index in [9.17, 15) is 0 Å². The van der Waals surface area contributed by atoms with Crippen molar-refractivity contribution in [2.24, 2.45) is 5.92 Å². The molecule has 0 spiro atoms. The number of anilines is 2. The highest BCUT2D eigenvalue weighted by Crippen LogP contribution is 2.22. The van der Waals surface area contributed by atoms with E-state index < -0.39 is 0 Å². The molecule has 0 aromatic carbocycles. The van der Waals surface area contributed by atoms with Crippen molar-refractivity contribution < 1.29 is 4.74 Å². The molecule has 2 aromatic rings. The summed E-state index contributed by atoms with van der Waals surface area (Å²) in [7, 11) is 0. The van der Waals surface area contributed by atoms with Gasteiger partial charge >= 0.3 is 0 Å². The summed E-state index contributed by atoms with van der Waals surface area (Å²) >= 11 is 1.67. The fourth-order valence-corrected chi connectivity index (χ4v) is 2.29. The second kappa shape index (κ2) is 6.56. The Labute approximate surface area is 123 Å². The highest BCUT2D eigenvalue weighted by atomic mass is 32.1. The van der Waals surface area contributed by atoms with E-state index in [0.29, 0.717) is 30.6 Å². The smallest absolute Gasteiger partial charge is 0.239 e. The van der Waals surface area contributed by atoms with Crippen LogP contribution in [0.15, 0.2) is 18.3 Å². The molecule has 2 rings (SSSR count). The summed E-state index contributed by atoms with van der Waals surface area (Å²) in [5.41, 5.74) is 6.42. The molecule has 0 saturated heterocycles. The van der Waals surface area contributed by atoms with E-state index in [1.165, 1.54) is 4.88 Å². The van der Waals surface area contributed by atoms with Crippen molar-refractivity contribution in [2.75, 3.05) is 17.7 Å². The minimum Gasteiger partial charge on any atom is -0.476 e. The predicted molar refractivity (Wildman–Crippen MR) is 83.2 cm³/mol. The maximum absolute atomic E-state index is 5.86. The first-order chi connectivity index (χ1) is 9.54. The Morgan fingerprint density at radius 2 is 2.20 bits per heavy atom. The van der Waals surface area contributed by atoms with Gasteiger partial charge in [0.1, 0.15) is 10.8 Å². The molecule has 0 atom stereocenters. The van der Waals surface area contributed by atoms with Gasteiger partial charge in [0.2, 0.25) is 5.88 Å². The number of hydrogen-bond donors (Lipinski definition) is 2. The maximum Gasteiger partial charge on any atom is 0.239 e. The lowest BCUT2D eigenvalue weighted by Crippen LogP contribution is -2.09. The number of hydrogen-bond acceptors (Lipinski definition) is 6. The quantitative estimate of drug-likeness (QED) is 0.856. The minimum atomic E-state index is 0.436. The lowest BCUT2D eigenvalue weighted by molar-refractivity contribution is 0.263. The first-order valence-corrected chi connectivity index (χ1v) is 7.40. The molecule has 0 bridgehead atoms. The van der Waals surface area contributed by atoms with Gasteiger partial charge in [0.15, 0.2) is 0 Å². The largest absolute Gasteiger partial charge is 0.476 e. The van der Waals surface area contributed by atoms with E-state index in [0.717, 1.165) is 10.8 Å². The average Bonchev–Trinajstić information content (AvgIpc) is 2.82. The van der Waals surface area contributed by atoms with Gasteiger partial charge in [0, 0.05) is 11.1 Å². The molecule has 2 aromatic heterocycles. The van der Waals surface area contributed by atoms with Gasteiger partial charge in [-0.25, -0.2) is 4.98 Å². The molecule has 3 N–H and O–H groups in total. The first kappa shape index (κ1) is 14.6. The average molecular weight is 292 g/mol. The van der Waals surface area contributed by atoms with Gasteiger partial charge in [-0.15, -0.1) is 11.3 Å². The van der Waals surface area contributed by atoms with Crippen LogP contribution in [-0.4, -0.2) is 16.6 Å². The summed E-state index contributed by atoms with van der Waals surface area (Å²) in [6.07, 6.45) is 1.87. The molecule has 108 valence electrons. The molecule has 2 heterocycles. The van der Waals surface area contributed by atoms with E-state index in [1.807, 2.05) is 19.2 Å². The number of aromatic nitrogens is 2. The van der Waals surface area contributed by atoms with Crippen molar-refractivity contribution in [3.05, 3.63) is 28.2 Å². The van der Waals surface area contributed by atoms with Crippen LogP contribution in [0.4, 0.5) is 11.5 Å². The van der Waals surface area contributed by atoms with Crippen LogP contribution in [0.1, 0.15) is 23.7 Å². The van der Waals surface area contributed by atoms with Gasteiger partial charge in [0.05, 0.1) is 18.8 Å². The first-order valence-electron chi connectivity index (χ1n) is 6.59. The van der Waals surface area contributed by atoms with Crippen LogP contribution in [0.2, 0.25) is 0 Å². The van der Waals surface area contributed by atoms with Crippen molar-refractivity contribution in [3.8, 4) is 5.88 Å². The minimum absolute atomic E-state index is 0.436. The predicted octanol–water partition coefficient (Wildman–Crippen LogP) is 3.08. The zero-order valence-corrected chi connectivity index (χ0v) is 12.8. The number of ether oxygens (including phenoxy) is 1. The van der Waals surface area contributed by atoms with Gasteiger partial charge in [-0.3, -0.25) is 0 Å². The molecule has 0 aliphatic heterocycles. The topological polar surface area (TPSA) is 73.1 Å². The Morgan fingerprint density at radius 3 is 2.85 bits per heavy atom. The summed E-state index contributed by atoms with van der Waals surface area (Å²) < 4.78 is 5.61. The molecular formula is C14H20N4OS. The monoisotopic (exact) mass is 292 g/mol. The Hall–Kier alpha value is -1.82. The molecule has 0 unspecified atom stereocenters. The Bertz CT molecular complexity index is 568. The van der Waals surface area contributed by atoms with E-state index in [-0.39, 0.29) is 0 Å². The number of nitrogens with two attached hydrogens (primary N) is 1. The summed E-state index contributed by atoms with van der Waals surface area (Å²) in [4.78, 5) is 9.89. The van der Waals surface area contributed by atoms with Gasteiger partial charge < -0.3 is 15.8 Å². The Morgan fingerprint density at radius 1 is 1.40 bits per heavy atom. The third-order valence-electron chi connectivity index (χ3n) is 2.53. The van der Waals surface area contributed by atoms with Crippen LogP contribution in [0.25, 0.3) is 0 Å². The Kier molecular flexibility index (Phi) is 4.79. The van der Waals surface area contributed by atoms with Crippen LogP contribution in [-0.2, 0) is 6.54 Å². The van der Waals surface area contributed by atoms with E-state index in [4.69, 9.17) is 10.5 Å².